The van der Waals surface area contributed by atoms with Crippen LogP contribution in [0.2, 0.25) is 0 Å². The molecule has 1 aromatic heterocycles. The number of allylic oxidation sites excluding steroid dienone is 2. The van der Waals surface area contributed by atoms with Crippen LogP contribution in [0, 0.1) is 36.5 Å². The van der Waals surface area contributed by atoms with Crippen LogP contribution in [0.1, 0.15) is 67.4 Å². The van der Waals surface area contributed by atoms with E-state index in [1.165, 1.54) is 13.3 Å². The lowest BCUT2D eigenvalue weighted by atomic mass is 9.61. The number of rotatable bonds is 4. The Hall–Kier alpha value is -1.80. The number of carbonyl (C=O) groups is 1. The lowest BCUT2D eigenvalue weighted by Crippen LogP contribution is -2.57. The van der Waals surface area contributed by atoms with Gasteiger partial charge in [-0.3, -0.25) is 9.59 Å². The molecular formula is C26H37NO6. The first-order valence-corrected chi connectivity index (χ1v) is 12.2. The molecule has 7 nitrogen and oxygen atoms in total. The van der Waals surface area contributed by atoms with Gasteiger partial charge in [0.15, 0.2) is 5.78 Å². The average Bonchev–Trinajstić information content (AvgIpc) is 2.78. The van der Waals surface area contributed by atoms with Gasteiger partial charge in [-0.15, -0.1) is 0 Å². The number of Topliss-reactive ketones (excluding diaryl/α,β-unsaturated/α-hetero) is 1. The Labute approximate surface area is 194 Å². The molecule has 9 unspecified atom stereocenters. The molecule has 9 atom stereocenters. The van der Waals surface area contributed by atoms with Crippen molar-refractivity contribution in [2.45, 2.75) is 76.8 Å². The summed E-state index contributed by atoms with van der Waals surface area (Å²) in [6, 6.07) is 0. The fourth-order valence-corrected chi connectivity index (χ4v) is 6.70. The molecule has 0 spiro atoms. The Morgan fingerprint density at radius 2 is 1.88 bits per heavy atom. The minimum Gasteiger partial charge on any atom is -0.390 e. The van der Waals surface area contributed by atoms with Gasteiger partial charge in [-0.25, -0.2) is 0 Å². The minimum atomic E-state index is -1.40. The number of nitrogens with one attached hydrogen (secondary N) is 1. The Morgan fingerprint density at radius 3 is 2.58 bits per heavy atom. The lowest BCUT2D eigenvalue weighted by Gasteiger charge is -2.45. The largest absolute Gasteiger partial charge is 0.390 e. The van der Waals surface area contributed by atoms with E-state index in [1.807, 2.05) is 6.92 Å². The van der Waals surface area contributed by atoms with Crippen molar-refractivity contribution in [3.05, 3.63) is 45.4 Å². The molecule has 7 heteroatoms. The maximum absolute atomic E-state index is 14.0. The second-order valence-electron chi connectivity index (χ2n) is 10.5. The van der Waals surface area contributed by atoms with Crippen LogP contribution in [-0.4, -0.2) is 51.5 Å². The van der Waals surface area contributed by atoms with E-state index in [-0.39, 0.29) is 41.9 Å². The molecule has 0 radical (unpaired) electrons. The summed E-state index contributed by atoms with van der Waals surface area (Å²) in [5.74, 6) is 0.792. The van der Waals surface area contributed by atoms with Crippen molar-refractivity contribution in [1.29, 1.82) is 0 Å². The standard InChI is InChI=1S/C26H37NO6/c1-13-5-8-17-16(11-13)7-6-14(2)20(17)23(30)21-15(3)18(12-27-25(21)32)26(33-4)10-9-19(28)22(29)24(26)31/h6-7,12-14,16-17,19-20,22,24,28-29,31H,5,8-11H2,1-4H3,(H,27,32). The van der Waals surface area contributed by atoms with Gasteiger partial charge in [-0.1, -0.05) is 32.4 Å². The van der Waals surface area contributed by atoms with E-state index in [9.17, 15) is 24.9 Å². The fourth-order valence-electron chi connectivity index (χ4n) is 6.70. The highest BCUT2D eigenvalue weighted by atomic mass is 16.5. The molecular weight excluding hydrogens is 422 g/mol. The van der Waals surface area contributed by atoms with Gasteiger partial charge < -0.3 is 25.0 Å². The van der Waals surface area contributed by atoms with E-state index in [1.54, 1.807) is 6.92 Å². The number of aliphatic hydroxyl groups excluding tert-OH is 3. The van der Waals surface area contributed by atoms with E-state index in [2.05, 4.69) is 24.1 Å². The molecule has 1 aromatic rings. The van der Waals surface area contributed by atoms with Crippen molar-refractivity contribution in [3.8, 4) is 0 Å². The third kappa shape index (κ3) is 3.93. The summed E-state index contributed by atoms with van der Waals surface area (Å²) >= 11 is 0. The van der Waals surface area contributed by atoms with Crippen molar-refractivity contribution in [2.75, 3.05) is 7.11 Å². The first kappa shape index (κ1) is 24.3. The molecule has 0 amide bonds. The molecule has 2 fully saturated rings. The highest BCUT2D eigenvalue weighted by Gasteiger charge is 2.51. The summed E-state index contributed by atoms with van der Waals surface area (Å²) in [5, 5.41) is 31.3. The molecule has 182 valence electrons. The van der Waals surface area contributed by atoms with Gasteiger partial charge in [0.1, 0.15) is 17.8 Å². The molecule has 2 saturated carbocycles. The average molecular weight is 460 g/mol. The Bertz CT molecular complexity index is 985. The quantitative estimate of drug-likeness (QED) is 0.406. The third-order valence-electron chi connectivity index (χ3n) is 8.64. The van der Waals surface area contributed by atoms with Crippen molar-refractivity contribution < 1.29 is 24.9 Å². The molecule has 1 heterocycles. The van der Waals surface area contributed by atoms with Crippen LogP contribution in [0.3, 0.4) is 0 Å². The third-order valence-corrected chi connectivity index (χ3v) is 8.64. The first-order valence-electron chi connectivity index (χ1n) is 12.2. The number of ether oxygens (including phenoxy) is 1. The number of carbonyl (C=O) groups excluding carboxylic acids is 1. The first-order chi connectivity index (χ1) is 15.6. The smallest absolute Gasteiger partial charge is 0.259 e. The maximum atomic E-state index is 14.0. The second-order valence-corrected chi connectivity index (χ2v) is 10.5. The molecule has 3 aliphatic carbocycles. The number of pyridine rings is 1. The zero-order chi connectivity index (χ0) is 24.1. The zero-order valence-corrected chi connectivity index (χ0v) is 20.0. The van der Waals surface area contributed by atoms with Crippen LogP contribution in [0.15, 0.2) is 23.1 Å². The zero-order valence-electron chi connectivity index (χ0n) is 20.0. The topological polar surface area (TPSA) is 120 Å². The monoisotopic (exact) mass is 459 g/mol. The summed E-state index contributed by atoms with van der Waals surface area (Å²) in [5.41, 5.74) is -0.722. The van der Waals surface area contributed by atoms with Crippen LogP contribution < -0.4 is 5.56 Å². The number of fused-ring (bicyclic) bond motifs is 1. The number of hydrogen-bond acceptors (Lipinski definition) is 6. The van der Waals surface area contributed by atoms with E-state index in [0.29, 0.717) is 23.0 Å². The van der Waals surface area contributed by atoms with E-state index < -0.39 is 29.5 Å². The molecule has 3 aliphatic rings. The summed E-state index contributed by atoms with van der Waals surface area (Å²) < 4.78 is 5.75. The van der Waals surface area contributed by atoms with Gasteiger partial charge in [0.25, 0.3) is 5.56 Å². The van der Waals surface area contributed by atoms with Gasteiger partial charge in [-0.2, -0.15) is 0 Å². The molecule has 0 bridgehead atoms. The predicted molar refractivity (Wildman–Crippen MR) is 124 cm³/mol. The summed E-state index contributed by atoms with van der Waals surface area (Å²) in [6.07, 6.45) is 5.58. The van der Waals surface area contributed by atoms with E-state index >= 15 is 0 Å². The number of aliphatic hydroxyl groups is 3. The van der Waals surface area contributed by atoms with Gasteiger partial charge >= 0.3 is 0 Å². The maximum Gasteiger partial charge on any atom is 0.259 e. The highest BCUT2D eigenvalue weighted by molar-refractivity contribution is 5.99. The molecule has 4 rings (SSSR count). The normalized spacial score (nSPS) is 40.9. The summed E-state index contributed by atoms with van der Waals surface area (Å²) in [6.45, 7) is 6.01. The Balaban J connectivity index is 1.77. The number of ketones is 1. The molecule has 33 heavy (non-hydrogen) atoms. The van der Waals surface area contributed by atoms with Crippen LogP contribution >= 0.6 is 0 Å². The van der Waals surface area contributed by atoms with Crippen molar-refractivity contribution in [1.82, 2.24) is 4.98 Å². The fraction of sp³-hybridized carbons (Fsp3) is 0.692. The predicted octanol–water partition coefficient (Wildman–Crippen LogP) is 2.46. The van der Waals surface area contributed by atoms with Crippen LogP contribution in [0.25, 0.3) is 0 Å². The number of aromatic nitrogens is 1. The second kappa shape index (κ2) is 9.10. The van der Waals surface area contributed by atoms with Crippen molar-refractivity contribution in [2.24, 2.45) is 29.6 Å². The molecule has 0 saturated heterocycles. The summed E-state index contributed by atoms with van der Waals surface area (Å²) in [4.78, 5) is 29.6. The van der Waals surface area contributed by atoms with Gasteiger partial charge in [0.2, 0.25) is 0 Å². The highest BCUT2D eigenvalue weighted by Crippen LogP contribution is 2.47. The Morgan fingerprint density at radius 1 is 1.15 bits per heavy atom. The summed E-state index contributed by atoms with van der Waals surface area (Å²) in [7, 11) is 1.43. The van der Waals surface area contributed by atoms with Gasteiger partial charge in [0, 0.05) is 24.8 Å². The number of hydrogen-bond donors (Lipinski definition) is 4. The number of aromatic amines is 1. The number of methoxy groups -OCH3 is 1. The number of H-pyrrole nitrogens is 1. The Kier molecular flexibility index (Phi) is 6.71. The minimum absolute atomic E-state index is 0.0308. The lowest BCUT2D eigenvalue weighted by molar-refractivity contribution is -0.203. The van der Waals surface area contributed by atoms with Gasteiger partial charge in [0.05, 0.1) is 11.7 Å². The molecule has 0 aliphatic heterocycles. The van der Waals surface area contributed by atoms with Crippen LogP contribution in [-0.2, 0) is 10.3 Å². The SMILES string of the molecule is COC1(c2c[nH]c(=O)c(C(=O)C3C(C)C=CC4CC(C)CCC43)c2C)CCC(O)C(O)C1O. The van der Waals surface area contributed by atoms with Crippen molar-refractivity contribution in [3.63, 3.8) is 0 Å². The van der Waals surface area contributed by atoms with Crippen LogP contribution in [0.5, 0.6) is 0 Å². The van der Waals surface area contributed by atoms with Crippen LogP contribution in [0.4, 0.5) is 0 Å². The van der Waals surface area contributed by atoms with Gasteiger partial charge in [-0.05, 0) is 61.8 Å². The van der Waals surface area contributed by atoms with Crippen molar-refractivity contribution >= 4 is 5.78 Å². The van der Waals surface area contributed by atoms with E-state index in [4.69, 9.17) is 4.74 Å². The molecule has 0 aromatic carbocycles. The van der Waals surface area contributed by atoms with E-state index in [0.717, 1.165) is 19.3 Å². The molecule has 4 N–H and O–H groups in total.